The number of hydrogen-bond acceptors (Lipinski definition) is 6. The number of carbonyl (C=O) groups excluding carboxylic acids is 1. The van der Waals surface area contributed by atoms with Gasteiger partial charge in [-0.2, -0.15) is 0 Å². The Balaban J connectivity index is 2.81. The van der Waals surface area contributed by atoms with Gasteiger partial charge in [-0.15, -0.1) is 11.8 Å². The lowest BCUT2D eigenvalue weighted by Gasteiger charge is -2.23. The van der Waals surface area contributed by atoms with Gasteiger partial charge in [0.25, 0.3) is 5.91 Å². The number of allylic oxidation sites excluding steroid dienone is 1. The van der Waals surface area contributed by atoms with Crippen molar-refractivity contribution >= 4 is 32.6 Å². The second-order valence-electron chi connectivity index (χ2n) is 5.85. The smallest absolute Gasteiger partial charge is 0.276 e. The zero-order valence-corrected chi connectivity index (χ0v) is 15.9. The van der Waals surface area contributed by atoms with E-state index in [2.05, 4.69) is 15.6 Å². The topological polar surface area (TPSA) is 87.6 Å². The lowest BCUT2D eigenvalue weighted by Crippen LogP contribution is -2.45. The molecular formula is C15H27N3O3S2. The standard InChI is InChI=1S/C15H27N3O3S2/c1-11(2)13(7-8-16-3)18-15(22-4)14(19)17-12-6-5-9-23(20,21)10-12/h12,16H,5-10H2,1-4H3,(H,17,19)/t12-/m0/s1. The van der Waals surface area contributed by atoms with E-state index in [0.29, 0.717) is 17.9 Å². The summed E-state index contributed by atoms with van der Waals surface area (Å²) in [6, 6.07) is -0.314. The number of amides is 1. The van der Waals surface area contributed by atoms with Gasteiger partial charge in [0, 0.05) is 24.7 Å². The van der Waals surface area contributed by atoms with Gasteiger partial charge in [0.1, 0.15) is 0 Å². The molecule has 0 bridgehead atoms. The molecule has 23 heavy (non-hydrogen) atoms. The fourth-order valence-corrected chi connectivity index (χ4v) is 4.44. The Morgan fingerprint density at radius 3 is 2.57 bits per heavy atom. The van der Waals surface area contributed by atoms with E-state index in [-0.39, 0.29) is 23.5 Å². The summed E-state index contributed by atoms with van der Waals surface area (Å²) in [5.41, 5.74) is 1.95. The third-order valence-electron chi connectivity index (χ3n) is 3.61. The Morgan fingerprint density at radius 2 is 2.04 bits per heavy atom. The van der Waals surface area contributed by atoms with Gasteiger partial charge >= 0.3 is 0 Å². The van der Waals surface area contributed by atoms with Gasteiger partial charge in [-0.25, -0.2) is 13.4 Å². The molecule has 2 N–H and O–H groups in total. The molecule has 0 aromatic heterocycles. The molecule has 1 amide bonds. The molecule has 1 atom stereocenters. The summed E-state index contributed by atoms with van der Waals surface area (Å²) in [7, 11) is -1.16. The average molecular weight is 362 g/mol. The third-order valence-corrected chi connectivity index (χ3v) is 6.10. The van der Waals surface area contributed by atoms with Crippen molar-refractivity contribution in [1.29, 1.82) is 0 Å². The van der Waals surface area contributed by atoms with Crippen LogP contribution in [0.1, 0.15) is 33.1 Å². The van der Waals surface area contributed by atoms with Crippen LogP contribution >= 0.6 is 11.8 Å². The normalized spacial score (nSPS) is 20.9. The van der Waals surface area contributed by atoms with Crippen molar-refractivity contribution in [3.63, 3.8) is 0 Å². The highest BCUT2D eigenvalue weighted by molar-refractivity contribution is 8.15. The molecule has 8 heteroatoms. The highest BCUT2D eigenvalue weighted by atomic mass is 32.2. The number of sulfone groups is 1. The van der Waals surface area contributed by atoms with Gasteiger partial charge in [-0.1, -0.05) is 5.57 Å². The predicted molar refractivity (Wildman–Crippen MR) is 97.7 cm³/mol. The molecule has 1 heterocycles. The van der Waals surface area contributed by atoms with Gasteiger partial charge in [-0.3, -0.25) is 4.79 Å². The van der Waals surface area contributed by atoms with Crippen LogP contribution in [0.2, 0.25) is 0 Å². The van der Waals surface area contributed by atoms with E-state index in [1.165, 1.54) is 11.8 Å². The van der Waals surface area contributed by atoms with E-state index >= 15 is 0 Å². The average Bonchev–Trinajstić information content (AvgIpc) is 2.46. The van der Waals surface area contributed by atoms with Crippen LogP contribution in [0, 0.1) is 0 Å². The molecule has 0 spiro atoms. The molecule has 0 aromatic carbocycles. The summed E-state index contributed by atoms with van der Waals surface area (Å²) >= 11 is 1.28. The maximum atomic E-state index is 12.4. The van der Waals surface area contributed by atoms with Crippen molar-refractivity contribution in [3.05, 3.63) is 11.3 Å². The largest absolute Gasteiger partial charge is 0.346 e. The summed E-state index contributed by atoms with van der Waals surface area (Å²) in [6.45, 7) is 4.73. The maximum absolute atomic E-state index is 12.4. The van der Waals surface area contributed by atoms with E-state index in [0.717, 1.165) is 24.2 Å². The first kappa shape index (κ1) is 20.2. The minimum absolute atomic E-state index is 0.0235. The third kappa shape index (κ3) is 7.05. The van der Waals surface area contributed by atoms with Crippen LogP contribution in [-0.2, 0) is 14.6 Å². The van der Waals surface area contributed by atoms with Gasteiger partial charge in [0.2, 0.25) is 0 Å². The first-order valence-corrected chi connectivity index (χ1v) is 10.8. The van der Waals surface area contributed by atoms with Crippen LogP contribution in [0.3, 0.4) is 0 Å². The van der Waals surface area contributed by atoms with Gasteiger partial charge < -0.3 is 10.6 Å². The van der Waals surface area contributed by atoms with Crippen molar-refractivity contribution in [2.45, 2.75) is 39.2 Å². The number of hydrogen-bond donors (Lipinski definition) is 2. The molecule has 1 aliphatic heterocycles. The lowest BCUT2D eigenvalue weighted by atomic mass is 10.2. The summed E-state index contributed by atoms with van der Waals surface area (Å²) in [5, 5.41) is 6.26. The highest BCUT2D eigenvalue weighted by Crippen LogP contribution is 2.15. The van der Waals surface area contributed by atoms with E-state index in [9.17, 15) is 13.2 Å². The van der Waals surface area contributed by atoms with Crippen LogP contribution in [0.5, 0.6) is 0 Å². The minimum atomic E-state index is -3.04. The summed E-state index contributed by atoms with van der Waals surface area (Å²) in [4.78, 5) is 16.9. The minimum Gasteiger partial charge on any atom is -0.346 e. The fraction of sp³-hybridized carbons (Fsp3) is 0.733. The molecule has 0 radical (unpaired) electrons. The first-order valence-electron chi connectivity index (χ1n) is 7.74. The molecule has 1 rings (SSSR count). The van der Waals surface area contributed by atoms with E-state index < -0.39 is 9.84 Å². The zero-order valence-electron chi connectivity index (χ0n) is 14.3. The molecule has 1 fully saturated rings. The van der Waals surface area contributed by atoms with Crippen molar-refractivity contribution in [1.82, 2.24) is 10.6 Å². The number of thioether (sulfide) groups is 1. The second kappa shape index (κ2) is 9.44. The quantitative estimate of drug-likeness (QED) is 0.570. The molecular weight excluding hydrogens is 334 g/mol. The molecule has 0 aromatic rings. The Morgan fingerprint density at radius 1 is 1.35 bits per heavy atom. The first-order chi connectivity index (χ1) is 10.8. The van der Waals surface area contributed by atoms with Crippen molar-refractivity contribution in [3.8, 4) is 0 Å². The Labute approximate surface area is 143 Å². The number of carbonyl (C=O) groups is 1. The molecule has 0 unspecified atom stereocenters. The predicted octanol–water partition coefficient (Wildman–Crippen LogP) is 1.34. The number of nitrogens with zero attached hydrogens (tertiary/aromatic N) is 1. The molecule has 1 saturated heterocycles. The van der Waals surface area contributed by atoms with Gasteiger partial charge in [0.05, 0.1) is 11.5 Å². The van der Waals surface area contributed by atoms with E-state index in [1.54, 1.807) is 6.26 Å². The van der Waals surface area contributed by atoms with Gasteiger partial charge in [0.15, 0.2) is 14.9 Å². The zero-order chi connectivity index (χ0) is 17.5. The molecule has 132 valence electrons. The number of nitrogens with one attached hydrogen (secondary N) is 2. The Kier molecular flexibility index (Phi) is 8.28. The van der Waals surface area contributed by atoms with Crippen LogP contribution in [0.15, 0.2) is 16.3 Å². The van der Waals surface area contributed by atoms with Crippen molar-refractivity contribution < 1.29 is 13.2 Å². The monoisotopic (exact) mass is 361 g/mol. The second-order valence-corrected chi connectivity index (χ2v) is 8.87. The summed E-state index contributed by atoms with van der Waals surface area (Å²) in [5.74, 6) is -0.0486. The maximum Gasteiger partial charge on any atom is 0.276 e. The molecule has 0 saturated carbocycles. The number of rotatable bonds is 5. The van der Waals surface area contributed by atoms with Crippen LogP contribution in [0.4, 0.5) is 0 Å². The summed E-state index contributed by atoms with van der Waals surface area (Å²) in [6.07, 6.45) is 3.84. The molecule has 0 aliphatic carbocycles. The SMILES string of the molecule is CNCCC(N=C(SC)C(=O)N[C@H]1CCCS(=O)(=O)C1)=C(C)C. The molecule has 6 nitrogen and oxygen atoms in total. The Bertz CT molecular complexity index is 579. The van der Waals surface area contributed by atoms with Crippen molar-refractivity contribution in [2.75, 3.05) is 31.4 Å². The van der Waals surface area contributed by atoms with E-state index in [4.69, 9.17) is 0 Å². The van der Waals surface area contributed by atoms with Gasteiger partial charge in [-0.05, 0) is 40.0 Å². The Hall–Kier alpha value is -0.860. The highest BCUT2D eigenvalue weighted by Gasteiger charge is 2.27. The lowest BCUT2D eigenvalue weighted by molar-refractivity contribution is -0.115. The van der Waals surface area contributed by atoms with Crippen molar-refractivity contribution in [2.24, 2.45) is 4.99 Å². The molecule has 1 aliphatic rings. The number of aliphatic imine (C=N–C) groups is 1. The van der Waals surface area contributed by atoms with E-state index in [1.807, 2.05) is 20.9 Å². The fourth-order valence-electron chi connectivity index (χ4n) is 2.36. The summed E-state index contributed by atoms with van der Waals surface area (Å²) < 4.78 is 23.3. The van der Waals surface area contributed by atoms with Crippen LogP contribution < -0.4 is 10.6 Å². The van der Waals surface area contributed by atoms with Crippen LogP contribution in [0.25, 0.3) is 0 Å². The van der Waals surface area contributed by atoms with Crippen LogP contribution in [-0.4, -0.2) is 56.8 Å².